The summed E-state index contributed by atoms with van der Waals surface area (Å²) in [7, 11) is 1.92. The lowest BCUT2D eigenvalue weighted by atomic mass is 10.4. The van der Waals surface area contributed by atoms with Crippen LogP contribution in [-0.2, 0) is 7.05 Å². The van der Waals surface area contributed by atoms with Gasteiger partial charge in [0.1, 0.15) is 5.03 Å². The normalized spacial score (nSPS) is 17.9. The first-order valence-electron chi connectivity index (χ1n) is 4.46. The quantitative estimate of drug-likeness (QED) is 0.685. The van der Waals surface area contributed by atoms with Crippen molar-refractivity contribution in [3.05, 3.63) is 6.20 Å². The summed E-state index contributed by atoms with van der Waals surface area (Å²) in [5.74, 6) is 0.797. The minimum Gasteiger partial charge on any atom is -0.322 e. The van der Waals surface area contributed by atoms with E-state index in [9.17, 15) is 0 Å². The van der Waals surface area contributed by atoms with Gasteiger partial charge < -0.3 is 5.32 Å². The summed E-state index contributed by atoms with van der Waals surface area (Å²) in [6, 6.07) is 0.281. The van der Waals surface area contributed by atoms with Crippen LogP contribution in [-0.4, -0.2) is 21.8 Å². The van der Waals surface area contributed by atoms with E-state index < -0.39 is 0 Å². The molecule has 2 rings (SSSR count). The zero-order valence-electron chi connectivity index (χ0n) is 8.40. The number of fused-ring (bicyclic) bond motifs is 1. The zero-order chi connectivity index (χ0) is 10.1. The lowest BCUT2D eigenvalue weighted by Gasteiger charge is -2.18. The van der Waals surface area contributed by atoms with Crippen molar-refractivity contribution >= 4 is 23.6 Å². The third-order valence-corrected chi connectivity index (χ3v) is 2.74. The summed E-state index contributed by atoms with van der Waals surface area (Å²) in [4.78, 5) is 4.38. The molecule has 0 saturated heterocycles. The molecule has 14 heavy (non-hydrogen) atoms. The summed E-state index contributed by atoms with van der Waals surface area (Å²) in [6.07, 6.45) is 1.80. The summed E-state index contributed by atoms with van der Waals surface area (Å²) < 4.78 is 4.95. The van der Waals surface area contributed by atoms with Crippen LogP contribution in [0, 0.1) is 0 Å². The molecule has 0 atom stereocenters. The van der Waals surface area contributed by atoms with E-state index in [1.54, 1.807) is 6.20 Å². The molecular formula is C8H13N5S. The van der Waals surface area contributed by atoms with Crippen LogP contribution in [0.1, 0.15) is 13.8 Å². The molecule has 1 aromatic heterocycles. The highest BCUT2D eigenvalue weighted by atomic mass is 32.2. The van der Waals surface area contributed by atoms with Crippen LogP contribution in [0.5, 0.6) is 0 Å². The van der Waals surface area contributed by atoms with E-state index in [1.807, 2.05) is 25.6 Å². The van der Waals surface area contributed by atoms with Crippen molar-refractivity contribution in [2.24, 2.45) is 12.0 Å². The molecule has 0 saturated carbocycles. The number of aliphatic imine (C=N–C) groups is 1. The van der Waals surface area contributed by atoms with Crippen molar-refractivity contribution in [3.8, 4) is 0 Å². The third kappa shape index (κ3) is 1.70. The monoisotopic (exact) mass is 211 g/mol. The summed E-state index contributed by atoms with van der Waals surface area (Å²) >= 11 is 1.53. The minimum absolute atomic E-state index is 0.281. The molecule has 0 aromatic carbocycles. The largest absolute Gasteiger partial charge is 0.322 e. The molecule has 0 unspecified atom stereocenters. The first-order valence-corrected chi connectivity index (χ1v) is 5.28. The average molecular weight is 211 g/mol. The first-order chi connectivity index (χ1) is 6.66. The van der Waals surface area contributed by atoms with E-state index in [4.69, 9.17) is 0 Å². The number of aryl methyl sites for hydroxylation is 1. The molecule has 0 fully saturated rings. The zero-order valence-corrected chi connectivity index (χ0v) is 9.22. The van der Waals surface area contributed by atoms with E-state index >= 15 is 0 Å². The number of hydrogen-bond acceptors (Lipinski definition) is 3. The lowest BCUT2D eigenvalue weighted by molar-refractivity contribution is 0.698. The Balaban J connectivity index is 2.22. The Labute approximate surface area is 87.1 Å². The number of anilines is 1. The predicted molar refractivity (Wildman–Crippen MR) is 58.4 cm³/mol. The first kappa shape index (κ1) is 9.39. The smallest absolute Gasteiger partial charge is 0.206 e. The van der Waals surface area contributed by atoms with Crippen LogP contribution >= 0.6 is 11.9 Å². The SMILES string of the molecule is CC(C)N=C1NSc2c(cnn2C)N1. The van der Waals surface area contributed by atoms with Gasteiger partial charge in [0.05, 0.1) is 11.9 Å². The van der Waals surface area contributed by atoms with Crippen molar-refractivity contribution in [3.63, 3.8) is 0 Å². The topological polar surface area (TPSA) is 54.2 Å². The fourth-order valence-electron chi connectivity index (χ4n) is 1.20. The molecule has 6 heteroatoms. The van der Waals surface area contributed by atoms with Gasteiger partial charge in [-0.1, -0.05) is 0 Å². The number of guanidine groups is 1. The number of nitrogens with one attached hydrogen (secondary N) is 2. The standard InChI is InChI=1S/C8H13N5S/c1-5(2)10-8-11-6-4-9-13(3)7(6)14-12-8/h4-5H,1-3H3,(H2,10,11,12). The number of aromatic nitrogens is 2. The molecular weight excluding hydrogens is 198 g/mol. The van der Waals surface area contributed by atoms with Gasteiger partial charge in [-0.3, -0.25) is 9.40 Å². The molecule has 2 heterocycles. The maximum Gasteiger partial charge on any atom is 0.206 e. The van der Waals surface area contributed by atoms with Gasteiger partial charge >= 0.3 is 0 Å². The van der Waals surface area contributed by atoms with Crippen LogP contribution in [0.15, 0.2) is 16.2 Å². The van der Waals surface area contributed by atoms with Gasteiger partial charge in [0, 0.05) is 25.0 Å². The Kier molecular flexibility index (Phi) is 2.37. The second-order valence-electron chi connectivity index (χ2n) is 3.39. The fourth-order valence-corrected chi connectivity index (χ4v) is 1.89. The van der Waals surface area contributed by atoms with Gasteiger partial charge in [0.25, 0.3) is 0 Å². The molecule has 0 bridgehead atoms. The third-order valence-electron chi connectivity index (χ3n) is 1.77. The molecule has 0 aliphatic carbocycles. The van der Waals surface area contributed by atoms with Crippen molar-refractivity contribution in [2.45, 2.75) is 24.9 Å². The van der Waals surface area contributed by atoms with Crippen LogP contribution in [0.4, 0.5) is 5.69 Å². The second kappa shape index (κ2) is 3.53. The molecule has 1 aliphatic heterocycles. The van der Waals surface area contributed by atoms with Crippen LogP contribution in [0.25, 0.3) is 0 Å². The predicted octanol–water partition coefficient (Wildman–Crippen LogP) is 1.21. The number of nitrogens with zero attached hydrogens (tertiary/aromatic N) is 3. The van der Waals surface area contributed by atoms with Gasteiger partial charge in [0.15, 0.2) is 0 Å². The minimum atomic E-state index is 0.281. The Bertz CT molecular complexity index is 368. The van der Waals surface area contributed by atoms with Crippen LogP contribution in [0.3, 0.4) is 0 Å². The highest BCUT2D eigenvalue weighted by Gasteiger charge is 2.17. The van der Waals surface area contributed by atoms with E-state index in [1.165, 1.54) is 11.9 Å². The molecule has 2 N–H and O–H groups in total. The summed E-state index contributed by atoms with van der Waals surface area (Å²) in [5.41, 5.74) is 1.01. The summed E-state index contributed by atoms with van der Waals surface area (Å²) in [6.45, 7) is 4.08. The van der Waals surface area contributed by atoms with Crippen molar-refractivity contribution in [2.75, 3.05) is 5.32 Å². The Morgan fingerprint density at radius 1 is 1.57 bits per heavy atom. The highest BCUT2D eigenvalue weighted by Crippen LogP contribution is 2.27. The Morgan fingerprint density at radius 3 is 3.07 bits per heavy atom. The maximum absolute atomic E-state index is 4.38. The van der Waals surface area contributed by atoms with E-state index in [-0.39, 0.29) is 6.04 Å². The molecule has 1 aromatic rings. The lowest BCUT2D eigenvalue weighted by Crippen LogP contribution is -2.30. The summed E-state index contributed by atoms with van der Waals surface area (Å²) in [5, 5.41) is 8.41. The van der Waals surface area contributed by atoms with E-state index in [0.29, 0.717) is 0 Å². The fraction of sp³-hybridized carbons (Fsp3) is 0.500. The molecule has 1 aliphatic rings. The van der Waals surface area contributed by atoms with Gasteiger partial charge in [0.2, 0.25) is 5.96 Å². The van der Waals surface area contributed by atoms with Crippen LogP contribution in [0.2, 0.25) is 0 Å². The van der Waals surface area contributed by atoms with Crippen molar-refractivity contribution in [1.29, 1.82) is 0 Å². The Morgan fingerprint density at radius 2 is 2.36 bits per heavy atom. The molecule has 0 spiro atoms. The number of rotatable bonds is 1. The average Bonchev–Trinajstić information content (AvgIpc) is 2.46. The van der Waals surface area contributed by atoms with Crippen molar-refractivity contribution < 1.29 is 0 Å². The maximum atomic E-state index is 4.38. The van der Waals surface area contributed by atoms with Crippen LogP contribution < -0.4 is 10.0 Å². The highest BCUT2D eigenvalue weighted by molar-refractivity contribution is 7.98. The van der Waals surface area contributed by atoms with E-state index in [2.05, 4.69) is 20.1 Å². The van der Waals surface area contributed by atoms with E-state index in [0.717, 1.165) is 16.7 Å². The van der Waals surface area contributed by atoms with Gasteiger partial charge in [-0.15, -0.1) is 0 Å². The second-order valence-corrected chi connectivity index (χ2v) is 4.18. The molecule has 0 radical (unpaired) electrons. The molecule has 5 nitrogen and oxygen atoms in total. The van der Waals surface area contributed by atoms with Gasteiger partial charge in [-0.2, -0.15) is 5.10 Å². The van der Waals surface area contributed by atoms with Gasteiger partial charge in [-0.05, 0) is 13.8 Å². The number of hydrogen-bond donors (Lipinski definition) is 2. The molecule has 76 valence electrons. The van der Waals surface area contributed by atoms with Crippen molar-refractivity contribution in [1.82, 2.24) is 14.5 Å². The molecule has 0 amide bonds. The van der Waals surface area contributed by atoms with Gasteiger partial charge in [-0.25, -0.2) is 4.99 Å². The Hall–Kier alpha value is -1.17.